The SMILES string of the molecule is NCC(=O)N1CCCC1C(=O)NC(Cc1ccc(O)cc1)C(=O)NC(CCC(N)=O)C(=O)O. The summed E-state index contributed by atoms with van der Waals surface area (Å²) >= 11 is 0. The molecule has 180 valence electrons. The van der Waals surface area contributed by atoms with Gasteiger partial charge < -0.3 is 37.2 Å². The topological polar surface area (TPSA) is 205 Å². The summed E-state index contributed by atoms with van der Waals surface area (Å²) in [5, 5.41) is 23.8. The van der Waals surface area contributed by atoms with Crippen molar-refractivity contribution in [3.05, 3.63) is 29.8 Å². The Morgan fingerprint density at radius 2 is 1.76 bits per heavy atom. The molecule has 1 aromatic rings. The molecule has 0 bridgehead atoms. The average molecular weight is 463 g/mol. The lowest BCUT2D eigenvalue weighted by atomic mass is 10.0. The van der Waals surface area contributed by atoms with Crippen molar-refractivity contribution in [3.63, 3.8) is 0 Å². The molecule has 4 amide bonds. The normalized spacial score (nSPS) is 17.1. The first-order valence-electron chi connectivity index (χ1n) is 10.5. The van der Waals surface area contributed by atoms with Gasteiger partial charge in [0.2, 0.25) is 23.6 Å². The molecular formula is C21H29N5O7. The summed E-state index contributed by atoms with van der Waals surface area (Å²) in [6.07, 6.45) is 0.550. The Morgan fingerprint density at radius 3 is 2.33 bits per heavy atom. The molecule has 0 radical (unpaired) electrons. The number of primary amides is 1. The van der Waals surface area contributed by atoms with Crippen molar-refractivity contribution < 1.29 is 34.2 Å². The lowest BCUT2D eigenvalue weighted by Crippen LogP contribution is -2.56. The molecule has 1 aliphatic heterocycles. The third-order valence-electron chi connectivity index (χ3n) is 5.35. The van der Waals surface area contributed by atoms with Crippen molar-refractivity contribution >= 4 is 29.6 Å². The van der Waals surface area contributed by atoms with Gasteiger partial charge in [-0.05, 0) is 37.0 Å². The zero-order valence-corrected chi connectivity index (χ0v) is 18.0. The van der Waals surface area contributed by atoms with Gasteiger partial charge in [0.25, 0.3) is 0 Å². The number of benzene rings is 1. The molecule has 1 aromatic carbocycles. The molecule has 33 heavy (non-hydrogen) atoms. The van der Waals surface area contributed by atoms with Gasteiger partial charge in [0.05, 0.1) is 6.54 Å². The second-order valence-corrected chi connectivity index (χ2v) is 7.79. The van der Waals surface area contributed by atoms with Gasteiger partial charge in [0, 0.05) is 19.4 Å². The van der Waals surface area contributed by atoms with Crippen LogP contribution in [0.5, 0.6) is 5.75 Å². The van der Waals surface area contributed by atoms with E-state index in [0.717, 1.165) is 0 Å². The quantitative estimate of drug-likeness (QED) is 0.220. The highest BCUT2D eigenvalue weighted by atomic mass is 16.4. The van der Waals surface area contributed by atoms with Gasteiger partial charge in [-0.1, -0.05) is 12.1 Å². The van der Waals surface area contributed by atoms with Crippen molar-refractivity contribution in [2.75, 3.05) is 13.1 Å². The number of nitrogens with one attached hydrogen (secondary N) is 2. The van der Waals surface area contributed by atoms with E-state index in [1.54, 1.807) is 12.1 Å². The molecule has 0 spiro atoms. The summed E-state index contributed by atoms with van der Waals surface area (Å²) in [4.78, 5) is 61.8. The number of phenols is 1. The van der Waals surface area contributed by atoms with Crippen molar-refractivity contribution in [1.82, 2.24) is 15.5 Å². The summed E-state index contributed by atoms with van der Waals surface area (Å²) in [7, 11) is 0. The predicted molar refractivity (Wildman–Crippen MR) is 116 cm³/mol. The lowest BCUT2D eigenvalue weighted by molar-refractivity contribution is -0.143. The number of carboxylic acid groups (broad SMARTS) is 1. The van der Waals surface area contributed by atoms with Gasteiger partial charge in [0.15, 0.2) is 0 Å². The minimum atomic E-state index is -1.38. The molecule has 3 unspecified atom stereocenters. The van der Waals surface area contributed by atoms with Gasteiger partial charge in [0.1, 0.15) is 23.9 Å². The summed E-state index contributed by atoms with van der Waals surface area (Å²) in [5.41, 5.74) is 11.1. The first-order chi connectivity index (χ1) is 15.6. The van der Waals surface area contributed by atoms with E-state index in [1.165, 1.54) is 17.0 Å². The third kappa shape index (κ3) is 7.45. The van der Waals surface area contributed by atoms with Crippen LogP contribution in [0.1, 0.15) is 31.2 Å². The molecule has 12 nitrogen and oxygen atoms in total. The average Bonchev–Trinajstić information content (AvgIpc) is 3.26. The molecule has 2 rings (SSSR count). The zero-order valence-electron chi connectivity index (χ0n) is 18.0. The number of nitrogens with two attached hydrogens (primary N) is 2. The molecule has 3 atom stereocenters. The Hall–Kier alpha value is -3.67. The number of aliphatic carboxylic acids is 1. The lowest BCUT2D eigenvalue weighted by Gasteiger charge is -2.27. The maximum absolute atomic E-state index is 12.9. The second kappa shape index (κ2) is 11.8. The number of amides is 4. The van der Waals surface area contributed by atoms with Crippen LogP contribution in [-0.4, -0.2) is 75.9 Å². The number of hydrogen-bond acceptors (Lipinski definition) is 7. The number of carbonyl (C=O) groups is 5. The molecule has 12 heteroatoms. The fraction of sp³-hybridized carbons (Fsp3) is 0.476. The number of hydrogen-bond donors (Lipinski definition) is 6. The number of nitrogens with zero attached hydrogens (tertiary/aromatic N) is 1. The number of likely N-dealkylation sites (tertiary alicyclic amines) is 1. The van der Waals surface area contributed by atoms with Crippen LogP contribution in [0.2, 0.25) is 0 Å². The standard InChI is InChI=1S/C21H29N5O7/c22-11-18(29)26-9-1-2-16(26)20(31)25-15(10-12-3-5-13(27)6-4-12)19(30)24-14(21(32)33)7-8-17(23)28/h3-6,14-16,27H,1-2,7-11,22H2,(H2,23,28)(H,24,30)(H,25,31)(H,32,33). The van der Waals surface area contributed by atoms with Crippen LogP contribution in [0.15, 0.2) is 24.3 Å². The van der Waals surface area contributed by atoms with Crippen LogP contribution in [0.4, 0.5) is 0 Å². The highest BCUT2D eigenvalue weighted by Gasteiger charge is 2.36. The Kier molecular flexibility index (Phi) is 9.16. The smallest absolute Gasteiger partial charge is 0.326 e. The Bertz CT molecular complexity index is 889. The molecule has 0 saturated carbocycles. The minimum absolute atomic E-state index is 0.00241. The number of rotatable bonds is 11. The van der Waals surface area contributed by atoms with Crippen molar-refractivity contribution in [3.8, 4) is 5.75 Å². The number of carboxylic acids is 1. The van der Waals surface area contributed by atoms with E-state index in [9.17, 15) is 34.2 Å². The number of phenolic OH excluding ortho intramolecular Hbond substituents is 1. The van der Waals surface area contributed by atoms with Gasteiger partial charge in [-0.25, -0.2) is 4.79 Å². The summed E-state index contributed by atoms with van der Waals surface area (Å²) in [6, 6.07) is 2.60. The molecule has 1 aliphatic rings. The largest absolute Gasteiger partial charge is 0.508 e. The van der Waals surface area contributed by atoms with Crippen LogP contribution < -0.4 is 22.1 Å². The van der Waals surface area contributed by atoms with E-state index >= 15 is 0 Å². The number of aromatic hydroxyl groups is 1. The second-order valence-electron chi connectivity index (χ2n) is 7.79. The predicted octanol–water partition coefficient (Wildman–Crippen LogP) is -1.80. The van der Waals surface area contributed by atoms with Gasteiger partial charge in [-0.3, -0.25) is 19.2 Å². The third-order valence-corrected chi connectivity index (χ3v) is 5.35. The highest BCUT2D eigenvalue weighted by molar-refractivity contribution is 5.94. The molecule has 0 aliphatic carbocycles. The van der Waals surface area contributed by atoms with E-state index in [-0.39, 0.29) is 37.5 Å². The monoisotopic (exact) mass is 463 g/mol. The van der Waals surface area contributed by atoms with Crippen LogP contribution in [0, 0.1) is 0 Å². The first-order valence-corrected chi connectivity index (χ1v) is 10.5. The van der Waals surface area contributed by atoms with E-state index < -0.39 is 41.8 Å². The fourth-order valence-corrected chi connectivity index (χ4v) is 3.62. The van der Waals surface area contributed by atoms with E-state index in [1.807, 2.05) is 0 Å². The van der Waals surface area contributed by atoms with Crippen molar-refractivity contribution in [1.29, 1.82) is 0 Å². The molecule has 1 saturated heterocycles. The van der Waals surface area contributed by atoms with Gasteiger partial charge >= 0.3 is 5.97 Å². The van der Waals surface area contributed by atoms with Crippen LogP contribution in [-0.2, 0) is 30.4 Å². The Morgan fingerprint density at radius 1 is 1.09 bits per heavy atom. The molecule has 0 aromatic heterocycles. The van der Waals surface area contributed by atoms with E-state index in [0.29, 0.717) is 24.9 Å². The first kappa shape index (κ1) is 25.6. The molecule has 1 fully saturated rings. The molecule has 8 N–H and O–H groups in total. The molecular weight excluding hydrogens is 434 g/mol. The van der Waals surface area contributed by atoms with Crippen LogP contribution >= 0.6 is 0 Å². The highest BCUT2D eigenvalue weighted by Crippen LogP contribution is 2.18. The number of carbonyl (C=O) groups excluding carboxylic acids is 4. The summed E-state index contributed by atoms with van der Waals surface area (Å²) < 4.78 is 0. The molecule has 1 heterocycles. The Labute approximate surface area is 190 Å². The summed E-state index contributed by atoms with van der Waals surface area (Å²) in [6.45, 7) is 0.124. The van der Waals surface area contributed by atoms with Crippen molar-refractivity contribution in [2.24, 2.45) is 11.5 Å². The van der Waals surface area contributed by atoms with Crippen LogP contribution in [0.25, 0.3) is 0 Å². The fourth-order valence-electron chi connectivity index (χ4n) is 3.62. The maximum atomic E-state index is 12.9. The van der Waals surface area contributed by atoms with Crippen LogP contribution in [0.3, 0.4) is 0 Å². The zero-order chi connectivity index (χ0) is 24.5. The van der Waals surface area contributed by atoms with Gasteiger partial charge in [-0.2, -0.15) is 0 Å². The van der Waals surface area contributed by atoms with E-state index in [2.05, 4.69) is 10.6 Å². The summed E-state index contributed by atoms with van der Waals surface area (Å²) in [5.74, 6) is -3.77. The van der Waals surface area contributed by atoms with E-state index in [4.69, 9.17) is 11.5 Å². The van der Waals surface area contributed by atoms with Crippen molar-refractivity contribution in [2.45, 2.75) is 50.2 Å². The minimum Gasteiger partial charge on any atom is -0.508 e. The van der Waals surface area contributed by atoms with Gasteiger partial charge in [-0.15, -0.1) is 0 Å². The Balaban J connectivity index is 2.19. The maximum Gasteiger partial charge on any atom is 0.326 e.